The van der Waals surface area contributed by atoms with Gasteiger partial charge in [0.05, 0.1) is 17.5 Å². The molecule has 5 nitrogen and oxygen atoms in total. The van der Waals surface area contributed by atoms with E-state index in [4.69, 9.17) is 9.94 Å². The summed E-state index contributed by atoms with van der Waals surface area (Å²) >= 11 is 0. The van der Waals surface area contributed by atoms with E-state index in [-0.39, 0.29) is 0 Å². The number of hydrogen-bond donors (Lipinski definition) is 1. The molecule has 1 fully saturated rings. The Bertz CT molecular complexity index is 392. The van der Waals surface area contributed by atoms with E-state index in [0.717, 1.165) is 31.4 Å². The highest BCUT2D eigenvalue weighted by Crippen LogP contribution is 2.27. The second-order valence-electron chi connectivity index (χ2n) is 4.77. The van der Waals surface area contributed by atoms with Crippen LogP contribution in [0, 0.1) is 11.8 Å². The highest BCUT2D eigenvalue weighted by atomic mass is 16.7. The summed E-state index contributed by atoms with van der Waals surface area (Å²) in [6.45, 7) is 0. The van der Waals surface area contributed by atoms with E-state index in [1.54, 1.807) is 6.08 Å². The molecule has 0 spiro atoms. The Kier molecular flexibility index (Phi) is 4.12. The fourth-order valence-electron chi connectivity index (χ4n) is 2.40. The van der Waals surface area contributed by atoms with Crippen LogP contribution in [-0.4, -0.2) is 22.8 Å². The number of allylic oxidation sites excluding steroid dienone is 2. The molecule has 1 N–H and O–H groups in total. The number of carboxylic acids is 1. The number of carbonyl (C=O) groups excluding carboxylic acids is 1. The predicted octanol–water partition coefficient (Wildman–Crippen LogP) is 2.13. The molecule has 2 aliphatic carbocycles. The van der Waals surface area contributed by atoms with Crippen molar-refractivity contribution < 1.29 is 19.5 Å². The zero-order valence-electron chi connectivity index (χ0n) is 10.2. The van der Waals surface area contributed by atoms with Gasteiger partial charge in [0.2, 0.25) is 0 Å². The summed E-state index contributed by atoms with van der Waals surface area (Å²) in [6, 6.07) is 0. The maximum atomic E-state index is 11.8. The number of oxime groups is 1. The fourth-order valence-corrected chi connectivity index (χ4v) is 2.40. The first-order valence-corrected chi connectivity index (χ1v) is 6.33. The minimum absolute atomic E-state index is 0.381. The molecule has 0 aromatic heterocycles. The first-order chi connectivity index (χ1) is 8.68. The van der Waals surface area contributed by atoms with Gasteiger partial charge in [-0.05, 0) is 38.5 Å². The van der Waals surface area contributed by atoms with E-state index in [2.05, 4.69) is 5.16 Å². The molecule has 0 radical (unpaired) electrons. The molecule has 0 aromatic carbocycles. The third-order valence-electron chi connectivity index (χ3n) is 3.50. The Morgan fingerprint density at radius 3 is 2.39 bits per heavy atom. The number of nitrogens with zero attached hydrogens (tertiary/aromatic N) is 1. The zero-order chi connectivity index (χ0) is 13.0. The minimum Gasteiger partial charge on any atom is -0.481 e. The summed E-state index contributed by atoms with van der Waals surface area (Å²) in [5, 5.41) is 12.9. The molecule has 0 amide bonds. The SMILES string of the molecule is O=C(ON=C1CCCC1)[C@H]1CC=CC[C@H]1C(=O)O. The molecule has 0 heterocycles. The fraction of sp³-hybridized carbons (Fsp3) is 0.615. The van der Waals surface area contributed by atoms with Crippen molar-refractivity contribution in [3.05, 3.63) is 12.2 Å². The van der Waals surface area contributed by atoms with Crippen LogP contribution < -0.4 is 0 Å². The van der Waals surface area contributed by atoms with Crippen molar-refractivity contribution >= 4 is 17.7 Å². The number of carbonyl (C=O) groups is 2. The highest BCUT2D eigenvalue weighted by Gasteiger charge is 2.35. The van der Waals surface area contributed by atoms with Crippen LogP contribution in [0.15, 0.2) is 17.3 Å². The van der Waals surface area contributed by atoms with Crippen molar-refractivity contribution in [2.45, 2.75) is 38.5 Å². The Morgan fingerprint density at radius 2 is 1.78 bits per heavy atom. The molecular weight excluding hydrogens is 234 g/mol. The van der Waals surface area contributed by atoms with Crippen LogP contribution in [0.25, 0.3) is 0 Å². The average molecular weight is 251 g/mol. The average Bonchev–Trinajstić information content (AvgIpc) is 2.89. The van der Waals surface area contributed by atoms with Crippen LogP contribution >= 0.6 is 0 Å². The maximum Gasteiger partial charge on any atom is 0.339 e. The number of carboxylic acid groups (broad SMARTS) is 1. The van der Waals surface area contributed by atoms with E-state index in [9.17, 15) is 9.59 Å². The van der Waals surface area contributed by atoms with Crippen molar-refractivity contribution in [1.29, 1.82) is 0 Å². The summed E-state index contributed by atoms with van der Waals surface area (Å²) < 4.78 is 0. The molecule has 2 aliphatic rings. The van der Waals surface area contributed by atoms with Crippen LogP contribution in [-0.2, 0) is 14.4 Å². The normalized spacial score (nSPS) is 27.0. The van der Waals surface area contributed by atoms with Crippen LogP contribution in [0.1, 0.15) is 38.5 Å². The topological polar surface area (TPSA) is 76.0 Å². The monoisotopic (exact) mass is 251 g/mol. The van der Waals surface area contributed by atoms with Gasteiger partial charge < -0.3 is 9.94 Å². The van der Waals surface area contributed by atoms with Crippen molar-refractivity contribution in [2.24, 2.45) is 17.0 Å². The standard InChI is InChI=1S/C13H17NO4/c15-12(16)10-7-3-4-8-11(10)13(17)18-14-9-5-1-2-6-9/h3-4,10-11H,1-2,5-8H2,(H,15,16)/t10-,11+/m1/s1. The smallest absolute Gasteiger partial charge is 0.339 e. The number of rotatable bonds is 3. The predicted molar refractivity (Wildman–Crippen MR) is 65.0 cm³/mol. The number of hydrogen-bond acceptors (Lipinski definition) is 4. The minimum atomic E-state index is -0.949. The van der Waals surface area contributed by atoms with Gasteiger partial charge in [-0.1, -0.05) is 17.3 Å². The van der Waals surface area contributed by atoms with E-state index in [0.29, 0.717) is 12.8 Å². The second-order valence-corrected chi connectivity index (χ2v) is 4.77. The third-order valence-corrected chi connectivity index (χ3v) is 3.50. The first-order valence-electron chi connectivity index (χ1n) is 6.33. The van der Waals surface area contributed by atoms with Crippen molar-refractivity contribution in [2.75, 3.05) is 0 Å². The van der Waals surface area contributed by atoms with Crippen LogP contribution in [0.5, 0.6) is 0 Å². The van der Waals surface area contributed by atoms with E-state index < -0.39 is 23.8 Å². The molecule has 0 bridgehead atoms. The Balaban J connectivity index is 1.96. The number of aliphatic carboxylic acids is 1. The van der Waals surface area contributed by atoms with Crippen molar-refractivity contribution in [1.82, 2.24) is 0 Å². The van der Waals surface area contributed by atoms with E-state index in [1.165, 1.54) is 0 Å². The van der Waals surface area contributed by atoms with E-state index in [1.807, 2.05) is 6.08 Å². The summed E-state index contributed by atoms with van der Waals surface area (Å²) in [5.74, 6) is -2.77. The molecule has 18 heavy (non-hydrogen) atoms. The van der Waals surface area contributed by atoms with Gasteiger partial charge in [0.1, 0.15) is 0 Å². The van der Waals surface area contributed by atoms with Gasteiger partial charge >= 0.3 is 11.9 Å². The zero-order valence-corrected chi connectivity index (χ0v) is 10.2. The summed E-state index contributed by atoms with van der Waals surface area (Å²) in [6.07, 6.45) is 8.34. The van der Waals surface area contributed by atoms with Gasteiger partial charge in [0.25, 0.3) is 0 Å². The lowest BCUT2D eigenvalue weighted by atomic mass is 9.83. The molecule has 1 saturated carbocycles. The Hall–Kier alpha value is -1.65. The molecule has 0 saturated heterocycles. The molecule has 0 unspecified atom stereocenters. The lowest BCUT2D eigenvalue weighted by Crippen LogP contribution is -2.31. The molecular formula is C13H17NO4. The van der Waals surface area contributed by atoms with Gasteiger partial charge in [-0.25, -0.2) is 4.79 Å². The Morgan fingerprint density at radius 1 is 1.17 bits per heavy atom. The quantitative estimate of drug-likeness (QED) is 0.473. The van der Waals surface area contributed by atoms with Crippen molar-refractivity contribution in [3.63, 3.8) is 0 Å². The van der Waals surface area contributed by atoms with Crippen molar-refractivity contribution in [3.8, 4) is 0 Å². The van der Waals surface area contributed by atoms with Gasteiger partial charge in [-0.15, -0.1) is 0 Å². The van der Waals surface area contributed by atoms with Crippen LogP contribution in [0.3, 0.4) is 0 Å². The van der Waals surface area contributed by atoms with Crippen LogP contribution in [0.2, 0.25) is 0 Å². The highest BCUT2D eigenvalue weighted by molar-refractivity contribution is 5.87. The van der Waals surface area contributed by atoms with Gasteiger partial charge in [0, 0.05) is 0 Å². The van der Waals surface area contributed by atoms with Gasteiger partial charge in [0.15, 0.2) is 0 Å². The molecule has 5 heteroatoms. The summed E-state index contributed by atoms with van der Waals surface area (Å²) in [4.78, 5) is 27.8. The molecule has 2 atom stereocenters. The van der Waals surface area contributed by atoms with Crippen LogP contribution in [0.4, 0.5) is 0 Å². The molecule has 98 valence electrons. The lowest BCUT2D eigenvalue weighted by molar-refractivity contribution is -0.157. The third kappa shape index (κ3) is 2.97. The molecule has 0 aromatic rings. The molecule has 2 rings (SSSR count). The summed E-state index contributed by atoms with van der Waals surface area (Å²) in [7, 11) is 0. The Labute approximate surface area is 105 Å². The summed E-state index contributed by atoms with van der Waals surface area (Å²) in [5.41, 5.74) is 0.904. The van der Waals surface area contributed by atoms with Gasteiger partial charge in [-0.2, -0.15) is 0 Å². The maximum absolute atomic E-state index is 11.8. The van der Waals surface area contributed by atoms with Gasteiger partial charge in [-0.3, -0.25) is 4.79 Å². The van der Waals surface area contributed by atoms with E-state index >= 15 is 0 Å². The largest absolute Gasteiger partial charge is 0.481 e. The lowest BCUT2D eigenvalue weighted by Gasteiger charge is -2.21. The molecule has 0 aliphatic heterocycles. The second kappa shape index (κ2) is 5.80. The first kappa shape index (κ1) is 12.8.